The second-order valence-corrected chi connectivity index (χ2v) is 12.7. The van der Waals surface area contributed by atoms with Crippen LogP contribution >= 0.6 is 11.8 Å². The first-order valence-corrected chi connectivity index (χ1v) is 15.4. The fraction of sp³-hybridized carbons (Fsp3) is 0.0244. The Balaban J connectivity index is 1.23. The summed E-state index contributed by atoms with van der Waals surface area (Å²) in [4.78, 5) is 2.67. The lowest BCUT2D eigenvalue weighted by molar-refractivity contribution is 0.794. The average molecular weight is 549 g/mol. The predicted octanol–water partition coefficient (Wildman–Crippen LogP) is 11.0. The first-order valence-electron chi connectivity index (χ1n) is 14.6. The maximum absolute atomic E-state index is 2.49. The largest absolute Gasteiger partial charge is 0.0888 e. The highest BCUT2D eigenvalue weighted by atomic mass is 32.2. The van der Waals surface area contributed by atoms with Crippen molar-refractivity contribution >= 4 is 22.5 Å². The van der Waals surface area contributed by atoms with Gasteiger partial charge >= 0.3 is 0 Å². The molecule has 10 rings (SSSR count). The Bertz CT molecular complexity index is 2220. The van der Waals surface area contributed by atoms with E-state index in [0.29, 0.717) is 0 Å². The Labute approximate surface area is 249 Å². The molecule has 0 radical (unpaired) electrons. The quantitative estimate of drug-likeness (QED) is 0.197. The summed E-state index contributed by atoms with van der Waals surface area (Å²) in [6, 6.07) is 54.7. The van der Waals surface area contributed by atoms with Gasteiger partial charge in [-0.15, -0.1) is 0 Å². The molecule has 0 amide bonds. The molecule has 0 atom stereocenters. The van der Waals surface area contributed by atoms with Crippen molar-refractivity contribution in [2.24, 2.45) is 0 Å². The van der Waals surface area contributed by atoms with E-state index in [4.69, 9.17) is 0 Å². The molecular weight excluding hydrogens is 525 g/mol. The van der Waals surface area contributed by atoms with Crippen LogP contribution in [0.3, 0.4) is 0 Å². The van der Waals surface area contributed by atoms with Gasteiger partial charge in [-0.05, 0) is 96.4 Å². The first-order chi connectivity index (χ1) is 20.8. The highest BCUT2D eigenvalue weighted by Gasteiger charge is 2.51. The fourth-order valence-corrected chi connectivity index (χ4v) is 9.15. The number of hydrogen-bond acceptors (Lipinski definition) is 1. The lowest BCUT2D eigenvalue weighted by Crippen LogP contribution is -2.25. The molecule has 7 aromatic carbocycles. The summed E-state index contributed by atoms with van der Waals surface area (Å²) >= 11 is 1.89. The Morgan fingerprint density at radius 1 is 0.357 bits per heavy atom. The van der Waals surface area contributed by atoms with Gasteiger partial charge in [0.2, 0.25) is 0 Å². The van der Waals surface area contributed by atoms with Crippen LogP contribution in [0.2, 0.25) is 0 Å². The van der Waals surface area contributed by atoms with Crippen LogP contribution in [0.4, 0.5) is 0 Å². The summed E-state index contributed by atoms with van der Waals surface area (Å²) in [5, 5.41) is 2.68. The number of rotatable bonds is 1. The molecule has 1 heteroatoms. The Morgan fingerprint density at radius 3 is 1.60 bits per heavy atom. The van der Waals surface area contributed by atoms with Crippen LogP contribution in [0.5, 0.6) is 0 Å². The van der Waals surface area contributed by atoms with Crippen molar-refractivity contribution < 1.29 is 0 Å². The van der Waals surface area contributed by atoms with E-state index < -0.39 is 0 Å². The van der Waals surface area contributed by atoms with Crippen molar-refractivity contribution in [2.45, 2.75) is 15.2 Å². The van der Waals surface area contributed by atoms with Crippen LogP contribution in [0.15, 0.2) is 155 Å². The maximum Gasteiger partial charge on any atom is 0.0725 e. The lowest BCUT2D eigenvalue weighted by Gasteiger charge is -2.30. The van der Waals surface area contributed by atoms with Crippen LogP contribution in [0.1, 0.15) is 22.3 Å². The standard InChI is InChI=1S/C41H24S/c1-4-15-34-28(11-1)29-12-2-5-16-35(29)41(34)36-17-6-3-13-30(36)31-21-19-27(24-37(31)41)26-20-22-38-33(23-26)32-14-7-9-25-10-8-18-39(42-38)40(25)32/h1-24H. The first kappa shape index (κ1) is 22.8. The SMILES string of the molecule is c1ccc2c(c1)-c1ccccc1C21c2ccccc2-c2ccc(-c3ccc4c(c3)-c3cccc5cccc(c35)S4)cc21. The Kier molecular flexibility index (Phi) is 4.41. The molecule has 1 spiro atoms. The van der Waals surface area contributed by atoms with Crippen LogP contribution in [-0.4, -0.2) is 0 Å². The number of fused-ring (bicyclic) bond motifs is 12. The normalized spacial score (nSPS) is 14.3. The minimum Gasteiger partial charge on any atom is -0.0888 e. The van der Waals surface area contributed by atoms with Gasteiger partial charge < -0.3 is 0 Å². The molecule has 0 saturated heterocycles. The smallest absolute Gasteiger partial charge is 0.0725 e. The highest BCUT2D eigenvalue weighted by molar-refractivity contribution is 7.99. The molecule has 0 fully saturated rings. The summed E-state index contributed by atoms with van der Waals surface area (Å²) in [6.45, 7) is 0. The van der Waals surface area contributed by atoms with Gasteiger partial charge in [0.25, 0.3) is 0 Å². The average Bonchev–Trinajstić information content (AvgIpc) is 3.52. The molecule has 0 aromatic heterocycles. The van der Waals surface area contributed by atoms with E-state index in [1.807, 2.05) is 11.8 Å². The van der Waals surface area contributed by atoms with Crippen LogP contribution < -0.4 is 0 Å². The van der Waals surface area contributed by atoms with Crippen molar-refractivity contribution in [3.8, 4) is 44.5 Å². The van der Waals surface area contributed by atoms with Gasteiger partial charge in [0.1, 0.15) is 0 Å². The molecule has 3 aliphatic rings. The van der Waals surface area contributed by atoms with Crippen LogP contribution in [0.25, 0.3) is 55.3 Å². The van der Waals surface area contributed by atoms with Gasteiger partial charge in [0, 0.05) is 15.2 Å². The van der Waals surface area contributed by atoms with Gasteiger partial charge in [-0.3, -0.25) is 0 Å². The van der Waals surface area contributed by atoms with Crippen molar-refractivity contribution in [2.75, 3.05) is 0 Å². The molecule has 194 valence electrons. The third-order valence-electron chi connectivity index (χ3n) is 9.69. The second-order valence-electron chi connectivity index (χ2n) is 11.6. The second kappa shape index (κ2) is 8.12. The van der Waals surface area contributed by atoms with Gasteiger partial charge in [0.15, 0.2) is 0 Å². The van der Waals surface area contributed by atoms with E-state index in [2.05, 4.69) is 146 Å². The lowest BCUT2D eigenvalue weighted by atomic mass is 9.70. The van der Waals surface area contributed by atoms with Crippen molar-refractivity contribution in [1.82, 2.24) is 0 Å². The fourth-order valence-electron chi connectivity index (χ4n) is 8.02. The van der Waals surface area contributed by atoms with E-state index in [1.165, 1.54) is 87.3 Å². The summed E-state index contributed by atoms with van der Waals surface area (Å²) in [5.41, 5.74) is 15.8. The molecule has 1 aliphatic heterocycles. The molecule has 0 unspecified atom stereocenters. The third-order valence-corrected chi connectivity index (χ3v) is 10.8. The molecule has 1 heterocycles. The summed E-state index contributed by atoms with van der Waals surface area (Å²) in [6.07, 6.45) is 0. The zero-order chi connectivity index (χ0) is 27.4. The van der Waals surface area contributed by atoms with Crippen molar-refractivity contribution in [1.29, 1.82) is 0 Å². The van der Waals surface area contributed by atoms with Crippen molar-refractivity contribution in [3.05, 3.63) is 168 Å². The topological polar surface area (TPSA) is 0 Å². The zero-order valence-corrected chi connectivity index (χ0v) is 23.6. The van der Waals surface area contributed by atoms with Gasteiger partial charge in [-0.2, -0.15) is 0 Å². The van der Waals surface area contributed by atoms with E-state index in [9.17, 15) is 0 Å². The maximum atomic E-state index is 2.49. The third kappa shape index (κ3) is 2.75. The van der Waals surface area contributed by atoms with E-state index in [-0.39, 0.29) is 5.41 Å². The van der Waals surface area contributed by atoms with Crippen molar-refractivity contribution in [3.63, 3.8) is 0 Å². The molecule has 42 heavy (non-hydrogen) atoms. The Hall–Kier alpha value is -4.85. The zero-order valence-electron chi connectivity index (χ0n) is 22.8. The van der Waals surface area contributed by atoms with E-state index in [0.717, 1.165) is 0 Å². The van der Waals surface area contributed by atoms with Gasteiger partial charge in [-0.25, -0.2) is 0 Å². The number of benzene rings is 7. The molecule has 7 aromatic rings. The minimum atomic E-state index is -0.316. The Morgan fingerprint density at radius 2 is 0.905 bits per heavy atom. The summed E-state index contributed by atoms with van der Waals surface area (Å²) < 4.78 is 0. The highest BCUT2D eigenvalue weighted by Crippen LogP contribution is 2.63. The predicted molar refractivity (Wildman–Crippen MR) is 175 cm³/mol. The minimum absolute atomic E-state index is 0.316. The molecular formula is C41H24S. The summed E-state index contributed by atoms with van der Waals surface area (Å²) in [5.74, 6) is 0. The molecule has 2 aliphatic carbocycles. The molecule has 0 N–H and O–H groups in total. The van der Waals surface area contributed by atoms with E-state index in [1.54, 1.807) is 0 Å². The van der Waals surface area contributed by atoms with Crippen LogP contribution in [0, 0.1) is 0 Å². The molecule has 0 nitrogen and oxygen atoms in total. The number of hydrogen-bond donors (Lipinski definition) is 0. The van der Waals surface area contributed by atoms with Crippen LogP contribution in [-0.2, 0) is 5.41 Å². The monoisotopic (exact) mass is 548 g/mol. The molecule has 0 saturated carbocycles. The van der Waals surface area contributed by atoms with Gasteiger partial charge in [0.05, 0.1) is 5.41 Å². The van der Waals surface area contributed by atoms with E-state index >= 15 is 0 Å². The molecule has 0 bridgehead atoms. The van der Waals surface area contributed by atoms with Gasteiger partial charge in [-0.1, -0.05) is 133 Å². The summed E-state index contributed by atoms with van der Waals surface area (Å²) in [7, 11) is 0.